The predicted molar refractivity (Wildman–Crippen MR) is 172 cm³/mol. The van der Waals surface area contributed by atoms with E-state index in [2.05, 4.69) is 36.8 Å². The Balaban J connectivity index is 1.28. The lowest BCUT2D eigenvalue weighted by Crippen LogP contribution is -2.40. The van der Waals surface area contributed by atoms with Gasteiger partial charge in [-0.1, -0.05) is 39.8 Å². The number of amides is 2. The van der Waals surface area contributed by atoms with Crippen LogP contribution in [-0.2, 0) is 26.1 Å². The summed E-state index contributed by atoms with van der Waals surface area (Å²) in [5, 5.41) is 14.9. The number of hydrogen-bond donors (Lipinski definition) is 2. The Labute approximate surface area is 268 Å². The average Bonchev–Trinajstić information content (AvgIpc) is 3.44. The van der Waals surface area contributed by atoms with E-state index in [4.69, 9.17) is 4.74 Å². The lowest BCUT2D eigenvalue weighted by atomic mass is 10.1. The molecule has 44 heavy (non-hydrogen) atoms. The van der Waals surface area contributed by atoms with Crippen molar-refractivity contribution in [1.29, 1.82) is 0 Å². The fourth-order valence-electron chi connectivity index (χ4n) is 4.52. The van der Waals surface area contributed by atoms with Crippen LogP contribution in [0, 0.1) is 13.8 Å². The molecule has 0 spiro atoms. The third-order valence-electron chi connectivity index (χ3n) is 6.92. The smallest absolute Gasteiger partial charge is 0.251 e. The fourth-order valence-corrected chi connectivity index (χ4v) is 6.96. The third-order valence-corrected chi connectivity index (χ3v) is 10.3. The Morgan fingerprint density at radius 2 is 1.68 bits per heavy atom. The van der Waals surface area contributed by atoms with Gasteiger partial charge in [0.15, 0.2) is 11.0 Å². The molecule has 230 valence electrons. The van der Waals surface area contributed by atoms with Crippen molar-refractivity contribution in [3.63, 3.8) is 0 Å². The zero-order valence-corrected chi connectivity index (χ0v) is 27.3. The zero-order valence-electron chi connectivity index (χ0n) is 24.1. The molecule has 0 saturated carbocycles. The van der Waals surface area contributed by atoms with Crippen molar-refractivity contribution in [1.82, 2.24) is 24.4 Å². The van der Waals surface area contributed by atoms with E-state index in [0.717, 1.165) is 27.0 Å². The lowest BCUT2D eigenvalue weighted by molar-refractivity contribution is -0.113. The highest BCUT2D eigenvalue weighted by molar-refractivity contribution is 9.10. The van der Waals surface area contributed by atoms with Crippen molar-refractivity contribution in [3.05, 3.63) is 93.7 Å². The molecule has 2 amide bonds. The van der Waals surface area contributed by atoms with Crippen LogP contribution < -0.4 is 10.6 Å². The van der Waals surface area contributed by atoms with Crippen molar-refractivity contribution in [2.75, 3.05) is 37.4 Å². The maximum Gasteiger partial charge on any atom is 0.251 e. The number of nitrogens with zero attached hydrogens (tertiary/aromatic N) is 4. The van der Waals surface area contributed by atoms with Crippen LogP contribution in [0.5, 0.6) is 0 Å². The van der Waals surface area contributed by atoms with Crippen LogP contribution in [0.4, 0.5) is 5.69 Å². The number of morpholine rings is 1. The van der Waals surface area contributed by atoms with Crippen LogP contribution in [0.2, 0.25) is 0 Å². The first-order valence-electron chi connectivity index (χ1n) is 13.8. The Morgan fingerprint density at radius 1 is 0.977 bits per heavy atom. The van der Waals surface area contributed by atoms with Gasteiger partial charge in [0, 0.05) is 34.5 Å². The first-order valence-corrected chi connectivity index (χ1v) is 17.0. The summed E-state index contributed by atoms with van der Waals surface area (Å²) in [6.45, 7) is 5.24. The normalized spacial score (nSPS) is 13.9. The first-order chi connectivity index (χ1) is 21.1. The van der Waals surface area contributed by atoms with E-state index in [-0.39, 0.29) is 23.1 Å². The molecule has 0 unspecified atom stereocenters. The lowest BCUT2D eigenvalue weighted by Gasteiger charge is -2.26. The molecule has 1 aromatic heterocycles. The average molecular weight is 700 g/mol. The summed E-state index contributed by atoms with van der Waals surface area (Å²) in [6, 6.07) is 19.2. The third kappa shape index (κ3) is 7.56. The Bertz CT molecular complexity index is 1760. The first kappa shape index (κ1) is 31.9. The highest BCUT2D eigenvalue weighted by Gasteiger charge is 2.26. The molecule has 4 aromatic rings. The van der Waals surface area contributed by atoms with E-state index in [9.17, 15) is 18.0 Å². The van der Waals surface area contributed by atoms with E-state index < -0.39 is 15.9 Å². The SMILES string of the molecule is Cc1ccc(C)c(NC(=O)CSc2nnc(CNC(=O)c3ccc(S(=O)(=O)N4CCOCC4)cc3)n2-c2ccc(Br)cc2)c1. The van der Waals surface area contributed by atoms with E-state index in [1.54, 1.807) is 4.57 Å². The van der Waals surface area contributed by atoms with E-state index in [1.165, 1.54) is 40.3 Å². The summed E-state index contributed by atoms with van der Waals surface area (Å²) in [5.74, 6) is -0.00547. The molecule has 1 fully saturated rings. The van der Waals surface area contributed by atoms with Crippen molar-refractivity contribution < 1.29 is 22.7 Å². The summed E-state index contributed by atoms with van der Waals surface area (Å²) < 4.78 is 35.1. The molecule has 14 heteroatoms. The molecule has 2 heterocycles. The number of thioether (sulfide) groups is 1. The summed E-state index contributed by atoms with van der Waals surface area (Å²) in [5.41, 5.74) is 3.85. The van der Waals surface area contributed by atoms with Crippen LogP contribution in [-0.4, -0.2) is 71.4 Å². The van der Waals surface area contributed by atoms with Gasteiger partial charge >= 0.3 is 0 Å². The molecule has 0 aliphatic carbocycles. The second-order valence-electron chi connectivity index (χ2n) is 10.1. The number of ether oxygens (including phenoxy) is 1. The Kier molecular flexibility index (Phi) is 10.2. The number of halogens is 1. The van der Waals surface area contributed by atoms with E-state index in [1.807, 2.05) is 56.3 Å². The molecule has 0 bridgehead atoms. The molecule has 5 rings (SSSR count). The number of aryl methyl sites for hydroxylation is 2. The Hall–Kier alpha value is -3.56. The molecule has 1 aliphatic rings. The van der Waals surface area contributed by atoms with Crippen molar-refractivity contribution in [3.8, 4) is 5.69 Å². The van der Waals surface area contributed by atoms with Gasteiger partial charge in [0.2, 0.25) is 15.9 Å². The van der Waals surface area contributed by atoms with Crippen molar-refractivity contribution in [2.45, 2.75) is 30.4 Å². The quantitative estimate of drug-likeness (QED) is 0.234. The topological polar surface area (TPSA) is 136 Å². The number of sulfonamides is 1. The monoisotopic (exact) mass is 698 g/mol. The number of benzene rings is 3. The van der Waals surface area contributed by atoms with Gasteiger partial charge in [0.25, 0.3) is 5.91 Å². The minimum absolute atomic E-state index is 0.0466. The highest BCUT2D eigenvalue weighted by Crippen LogP contribution is 2.25. The molecule has 11 nitrogen and oxygen atoms in total. The van der Waals surface area contributed by atoms with Gasteiger partial charge in [-0.25, -0.2) is 8.42 Å². The summed E-state index contributed by atoms with van der Waals surface area (Å²) in [7, 11) is -3.66. The second-order valence-corrected chi connectivity index (χ2v) is 13.9. The predicted octanol–water partition coefficient (Wildman–Crippen LogP) is 4.33. The fraction of sp³-hybridized carbons (Fsp3) is 0.267. The van der Waals surface area contributed by atoms with Gasteiger partial charge in [-0.3, -0.25) is 14.2 Å². The number of aromatic nitrogens is 3. The number of carbonyl (C=O) groups excluding carboxylic acids is 2. The van der Waals surface area contributed by atoms with Gasteiger partial charge in [-0.05, 0) is 79.6 Å². The minimum Gasteiger partial charge on any atom is -0.379 e. The number of anilines is 1. The Morgan fingerprint density at radius 3 is 2.39 bits per heavy atom. The van der Waals surface area contributed by atoms with Crippen LogP contribution in [0.3, 0.4) is 0 Å². The minimum atomic E-state index is -3.66. The summed E-state index contributed by atoms with van der Waals surface area (Å²) >= 11 is 4.69. The van der Waals surface area contributed by atoms with E-state index >= 15 is 0 Å². The summed E-state index contributed by atoms with van der Waals surface area (Å²) in [6.07, 6.45) is 0. The van der Waals surface area contributed by atoms with Crippen molar-refractivity contribution >= 4 is 55.2 Å². The molecular formula is C30H31BrN6O5S2. The van der Waals surface area contributed by atoms with Gasteiger partial charge in [-0.2, -0.15) is 4.31 Å². The molecule has 0 radical (unpaired) electrons. The van der Waals surface area contributed by atoms with Crippen LogP contribution in [0.15, 0.2) is 81.3 Å². The summed E-state index contributed by atoms with van der Waals surface area (Å²) in [4.78, 5) is 25.9. The maximum atomic E-state index is 13.0. The van der Waals surface area contributed by atoms with Crippen molar-refractivity contribution in [2.24, 2.45) is 0 Å². The second kappa shape index (κ2) is 14.0. The number of rotatable bonds is 10. The number of nitrogens with one attached hydrogen (secondary N) is 2. The van der Waals surface area contributed by atoms with Gasteiger partial charge < -0.3 is 15.4 Å². The molecule has 1 saturated heterocycles. The standard InChI is InChI=1S/C30H31BrN6O5S2/c1-20-3-4-21(2)26(17-20)33-28(38)19-43-30-35-34-27(37(30)24-9-7-23(31)8-10-24)18-32-29(39)22-5-11-25(12-6-22)44(40,41)36-13-15-42-16-14-36/h3-12,17H,13-16,18-19H2,1-2H3,(H,32,39)(H,33,38). The van der Waals surface area contributed by atoms with E-state index in [0.29, 0.717) is 42.8 Å². The van der Waals surface area contributed by atoms with Gasteiger partial charge in [-0.15, -0.1) is 10.2 Å². The highest BCUT2D eigenvalue weighted by atomic mass is 79.9. The molecule has 2 N–H and O–H groups in total. The van der Waals surface area contributed by atoms with Crippen LogP contribution in [0.25, 0.3) is 5.69 Å². The van der Waals surface area contributed by atoms with Crippen LogP contribution in [0.1, 0.15) is 27.3 Å². The maximum absolute atomic E-state index is 13.0. The molecule has 3 aromatic carbocycles. The molecule has 1 aliphatic heterocycles. The number of carbonyl (C=O) groups is 2. The number of hydrogen-bond acceptors (Lipinski definition) is 8. The molecular weight excluding hydrogens is 668 g/mol. The largest absolute Gasteiger partial charge is 0.379 e. The molecule has 0 atom stereocenters. The zero-order chi connectivity index (χ0) is 31.3. The van der Waals surface area contributed by atoms with Crippen LogP contribution >= 0.6 is 27.7 Å². The van der Waals surface area contributed by atoms with Gasteiger partial charge in [0.1, 0.15) is 0 Å². The van der Waals surface area contributed by atoms with Gasteiger partial charge in [0.05, 0.1) is 30.4 Å².